The Bertz CT molecular complexity index is 608. The molecule has 0 aromatic carbocycles. The van der Waals surface area contributed by atoms with Gasteiger partial charge in [-0.1, -0.05) is 6.92 Å². The number of methoxy groups -OCH3 is 1. The van der Waals surface area contributed by atoms with Crippen LogP contribution in [-0.2, 0) is 20.9 Å². The second-order valence-electron chi connectivity index (χ2n) is 7.79. The van der Waals surface area contributed by atoms with Gasteiger partial charge in [0.15, 0.2) is 0 Å². The van der Waals surface area contributed by atoms with E-state index in [2.05, 4.69) is 5.10 Å². The number of piperidine rings is 1. The van der Waals surface area contributed by atoms with E-state index in [4.69, 9.17) is 4.74 Å². The third-order valence-electron chi connectivity index (χ3n) is 5.76. The minimum Gasteiger partial charge on any atom is -0.385 e. The summed E-state index contributed by atoms with van der Waals surface area (Å²) in [5.74, 6) is 0.365. The van der Waals surface area contributed by atoms with Crippen LogP contribution in [-0.4, -0.2) is 71.3 Å². The number of ether oxygens (including phenoxy) is 1. The zero-order chi connectivity index (χ0) is 18.6. The van der Waals surface area contributed by atoms with Crippen molar-refractivity contribution in [2.45, 2.75) is 39.2 Å². The molecule has 2 saturated heterocycles. The summed E-state index contributed by atoms with van der Waals surface area (Å²) in [5.41, 5.74) is 0.0617. The van der Waals surface area contributed by atoms with Crippen LogP contribution < -0.4 is 0 Å². The van der Waals surface area contributed by atoms with Crippen molar-refractivity contribution in [3.05, 3.63) is 18.5 Å². The van der Waals surface area contributed by atoms with Gasteiger partial charge in [0.1, 0.15) is 0 Å². The van der Waals surface area contributed by atoms with Crippen molar-refractivity contribution in [1.82, 2.24) is 19.6 Å². The maximum absolute atomic E-state index is 12.7. The molecule has 0 N–H and O–H groups in total. The molecule has 0 aliphatic carbocycles. The highest BCUT2D eigenvalue weighted by Gasteiger charge is 2.45. The fourth-order valence-corrected chi connectivity index (χ4v) is 4.20. The SMILES string of the molecule is COCCCN1CC2(CCN(C(=O)[C@H](C)Cn3cccn3)CC2)CC1=O. The Hall–Kier alpha value is -1.89. The standard InChI is InChI=1S/C19H30N4O3/c1-16(14-23-9-3-7-20-23)18(25)21-10-5-19(6-11-21)13-17(24)22(15-19)8-4-12-26-2/h3,7,9,16H,4-6,8,10-15H2,1-2H3/t16-/m1/s1. The predicted octanol–water partition coefficient (Wildman–Crippen LogP) is 1.40. The maximum atomic E-state index is 12.7. The van der Waals surface area contributed by atoms with Crippen LogP contribution in [0.5, 0.6) is 0 Å². The van der Waals surface area contributed by atoms with Gasteiger partial charge >= 0.3 is 0 Å². The summed E-state index contributed by atoms with van der Waals surface area (Å²) < 4.78 is 6.89. The second kappa shape index (κ2) is 8.20. The molecule has 0 saturated carbocycles. The molecule has 26 heavy (non-hydrogen) atoms. The van der Waals surface area contributed by atoms with Crippen molar-refractivity contribution < 1.29 is 14.3 Å². The van der Waals surface area contributed by atoms with E-state index in [1.165, 1.54) is 0 Å². The lowest BCUT2D eigenvalue weighted by atomic mass is 9.77. The van der Waals surface area contributed by atoms with E-state index < -0.39 is 0 Å². The van der Waals surface area contributed by atoms with E-state index in [9.17, 15) is 9.59 Å². The summed E-state index contributed by atoms with van der Waals surface area (Å²) in [7, 11) is 1.69. The highest BCUT2D eigenvalue weighted by molar-refractivity contribution is 5.80. The van der Waals surface area contributed by atoms with E-state index in [0.717, 1.165) is 45.4 Å². The highest BCUT2D eigenvalue weighted by atomic mass is 16.5. The molecule has 2 fully saturated rings. The number of amides is 2. The zero-order valence-electron chi connectivity index (χ0n) is 15.9. The Morgan fingerprint density at radius 2 is 2.15 bits per heavy atom. The van der Waals surface area contributed by atoms with Gasteiger partial charge in [0.05, 0.1) is 12.5 Å². The monoisotopic (exact) mass is 362 g/mol. The molecule has 2 amide bonds. The van der Waals surface area contributed by atoms with Crippen molar-refractivity contribution in [2.75, 3.05) is 39.9 Å². The van der Waals surface area contributed by atoms with Crippen molar-refractivity contribution in [2.24, 2.45) is 11.3 Å². The van der Waals surface area contributed by atoms with Gasteiger partial charge in [-0.2, -0.15) is 5.10 Å². The minimum absolute atomic E-state index is 0.0617. The molecule has 1 aromatic heterocycles. The number of nitrogens with zero attached hydrogens (tertiary/aromatic N) is 4. The number of hydrogen-bond acceptors (Lipinski definition) is 4. The molecule has 3 rings (SSSR count). The number of carbonyl (C=O) groups excluding carboxylic acids is 2. The van der Waals surface area contributed by atoms with E-state index in [0.29, 0.717) is 19.6 Å². The molecule has 2 aliphatic heterocycles. The summed E-state index contributed by atoms with van der Waals surface area (Å²) in [5, 5.41) is 4.18. The molecule has 2 aliphatic rings. The third kappa shape index (κ3) is 4.26. The van der Waals surface area contributed by atoms with Crippen LogP contribution in [0.3, 0.4) is 0 Å². The Morgan fingerprint density at radius 1 is 1.38 bits per heavy atom. The van der Waals surface area contributed by atoms with Crippen LogP contribution in [0.25, 0.3) is 0 Å². The van der Waals surface area contributed by atoms with E-state index in [1.807, 2.05) is 33.7 Å². The quantitative estimate of drug-likeness (QED) is 0.688. The van der Waals surface area contributed by atoms with E-state index in [-0.39, 0.29) is 23.1 Å². The van der Waals surface area contributed by atoms with Gasteiger partial charge in [-0.25, -0.2) is 0 Å². The smallest absolute Gasteiger partial charge is 0.227 e. The Labute approximate surface area is 155 Å². The van der Waals surface area contributed by atoms with Gasteiger partial charge in [0.2, 0.25) is 11.8 Å². The molecule has 1 atom stereocenters. The average Bonchev–Trinajstić information content (AvgIpc) is 3.24. The van der Waals surface area contributed by atoms with Crippen molar-refractivity contribution in [1.29, 1.82) is 0 Å². The summed E-state index contributed by atoms with van der Waals surface area (Å²) >= 11 is 0. The highest BCUT2D eigenvalue weighted by Crippen LogP contribution is 2.41. The summed E-state index contributed by atoms with van der Waals surface area (Å²) in [6, 6.07) is 1.87. The van der Waals surface area contributed by atoms with Gasteiger partial charge in [-0.15, -0.1) is 0 Å². The van der Waals surface area contributed by atoms with Crippen molar-refractivity contribution >= 4 is 11.8 Å². The molecule has 7 heteroatoms. The largest absolute Gasteiger partial charge is 0.385 e. The maximum Gasteiger partial charge on any atom is 0.227 e. The summed E-state index contributed by atoms with van der Waals surface area (Å²) in [4.78, 5) is 29.0. The average molecular weight is 362 g/mol. The molecule has 1 aromatic rings. The van der Waals surface area contributed by atoms with Crippen LogP contribution in [0.1, 0.15) is 32.6 Å². The second-order valence-corrected chi connectivity index (χ2v) is 7.79. The lowest BCUT2D eigenvalue weighted by molar-refractivity contribution is -0.137. The fourth-order valence-electron chi connectivity index (χ4n) is 4.20. The minimum atomic E-state index is -0.0836. The van der Waals surface area contributed by atoms with Gasteiger partial charge < -0.3 is 14.5 Å². The number of rotatable bonds is 7. The summed E-state index contributed by atoms with van der Waals surface area (Å²) in [6.45, 7) is 6.37. The van der Waals surface area contributed by atoms with E-state index in [1.54, 1.807) is 13.3 Å². The molecule has 144 valence electrons. The van der Waals surface area contributed by atoms with Gasteiger partial charge in [0, 0.05) is 64.1 Å². The molecular weight excluding hydrogens is 332 g/mol. The predicted molar refractivity (Wildman–Crippen MR) is 97.3 cm³/mol. The molecule has 3 heterocycles. The number of hydrogen-bond donors (Lipinski definition) is 0. The lowest BCUT2D eigenvalue weighted by Crippen LogP contribution is -2.46. The first-order valence-electron chi connectivity index (χ1n) is 9.56. The van der Waals surface area contributed by atoms with Gasteiger partial charge in [-0.05, 0) is 25.3 Å². The molecule has 0 radical (unpaired) electrons. The van der Waals surface area contributed by atoms with Crippen LogP contribution >= 0.6 is 0 Å². The molecule has 7 nitrogen and oxygen atoms in total. The summed E-state index contributed by atoms with van der Waals surface area (Å²) in [6.07, 6.45) is 6.97. The molecule has 0 unspecified atom stereocenters. The van der Waals surface area contributed by atoms with Gasteiger partial charge in [-0.3, -0.25) is 14.3 Å². The molecule has 1 spiro atoms. The van der Waals surface area contributed by atoms with E-state index >= 15 is 0 Å². The van der Waals surface area contributed by atoms with Crippen molar-refractivity contribution in [3.8, 4) is 0 Å². The third-order valence-corrected chi connectivity index (χ3v) is 5.76. The normalized spacial score (nSPS) is 20.8. The zero-order valence-corrected chi connectivity index (χ0v) is 15.9. The topological polar surface area (TPSA) is 67.7 Å². The Kier molecular flexibility index (Phi) is 5.96. The molecule has 0 bridgehead atoms. The fraction of sp³-hybridized carbons (Fsp3) is 0.737. The Morgan fingerprint density at radius 3 is 2.81 bits per heavy atom. The first-order chi connectivity index (χ1) is 12.5. The first-order valence-corrected chi connectivity index (χ1v) is 9.56. The first kappa shape index (κ1) is 18.9. The van der Waals surface area contributed by atoms with Crippen LogP contribution in [0, 0.1) is 11.3 Å². The Balaban J connectivity index is 1.49. The lowest BCUT2D eigenvalue weighted by Gasteiger charge is -2.39. The van der Waals surface area contributed by atoms with Gasteiger partial charge in [0.25, 0.3) is 0 Å². The van der Waals surface area contributed by atoms with Crippen molar-refractivity contribution in [3.63, 3.8) is 0 Å². The molecular formula is C19H30N4O3. The van der Waals surface area contributed by atoms with Crippen LogP contribution in [0.15, 0.2) is 18.5 Å². The van der Waals surface area contributed by atoms with Crippen LogP contribution in [0.4, 0.5) is 0 Å². The number of likely N-dealkylation sites (tertiary alicyclic amines) is 2. The number of carbonyl (C=O) groups is 2. The number of aromatic nitrogens is 2. The van der Waals surface area contributed by atoms with Crippen LogP contribution in [0.2, 0.25) is 0 Å².